The third kappa shape index (κ3) is 8.14. The minimum absolute atomic E-state index is 0.0137. The van der Waals surface area contributed by atoms with E-state index in [0.29, 0.717) is 16.2 Å². The Morgan fingerprint density at radius 1 is 1.12 bits per heavy atom. The van der Waals surface area contributed by atoms with E-state index in [1.54, 1.807) is 6.07 Å². The molecular weight excluding hydrogens is 734 g/mol. The zero-order valence-corrected chi connectivity index (χ0v) is 28.9. The Morgan fingerprint density at radius 2 is 1.84 bits per heavy atom. The van der Waals surface area contributed by atoms with Crippen LogP contribution in [-0.4, -0.2) is 66.7 Å². The second kappa shape index (κ2) is 15.6. The molecule has 2 atom stereocenters. The number of amides is 1. The van der Waals surface area contributed by atoms with E-state index in [0.717, 1.165) is 66.7 Å². The molecule has 0 unspecified atom stereocenters. The number of ether oxygens (including phenoxy) is 3. The number of para-hydroxylation sites is 1. The van der Waals surface area contributed by atoms with Gasteiger partial charge in [-0.3, -0.25) is 15.0 Å². The molecule has 0 spiro atoms. The highest BCUT2D eigenvalue weighted by atomic mass is 35.5. The first-order valence-corrected chi connectivity index (χ1v) is 17.3. The molecule has 5 heterocycles. The van der Waals surface area contributed by atoms with Crippen molar-refractivity contribution in [1.29, 1.82) is 0 Å². The topological polar surface area (TPSA) is 113 Å². The second-order valence-electron chi connectivity index (χ2n) is 12.2. The smallest absolute Gasteiger partial charge is 0.415 e. The van der Waals surface area contributed by atoms with Gasteiger partial charge >= 0.3 is 18.7 Å². The molecule has 2 aromatic carbocycles. The van der Waals surface area contributed by atoms with Crippen LogP contribution in [-0.2, 0) is 17.7 Å². The van der Waals surface area contributed by atoms with E-state index in [4.69, 9.17) is 36.8 Å². The van der Waals surface area contributed by atoms with E-state index in [1.165, 1.54) is 30.3 Å². The van der Waals surface area contributed by atoms with Crippen LogP contribution < -0.4 is 19.1 Å². The number of alkyl halides is 2. The molecule has 3 aliphatic heterocycles. The molecule has 10 nitrogen and oxygen atoms in total. The van der Waals surface area contributed by atoms with E-state index in [2.05, 4.69) is 9.64 Å². The van der Waals surface area contributed by atoms with Crippen molar-refractivity contribution >= 4 is 52.3 Å². The fourth-order valence-electron chi connectivity index (χ4n) is 6.63. The van der Waals surface area contributed by atoms with Gasteiger partial charge < -0.3 is 19.3 Å². The maximum absolute atomic E-state index is 15.3. The molecule has 3 fully saturated rings. The van der Waals surface area contributed by atoms with Crippen molar-refractivity contribution in [3.63, 3.8) is 0 Å². The number of carboxylic acid groups (broad SMARTS) is 1. The number of pyridine rings is 1. The molecule has 3 aliphatic rings. The average Bonchev–Trinajstić information content (AvgIpc) is 3.52. The number of fused-ring (bicyclic) bond motifs is 3. The van der Waals surface area contributed by atoms with Gasteiger partial charge in [0.15, 0.2) is 11.5 Å². The van der Waals surface area contributed by atoms with Crippen LogP contribution >= 0.6 is 34.5 Å². The molecule has 51 heavy (non-hydrogen) atoms. The monoisotopic (exact) mass is 769 g/mol. The summed E-state index contributed by atoms with van der Waals surface area (Å²) in [5.74, 6) is -4.13. The Balaban J connectivity index is 1.44. The number of nitrogens with zero attached hydrogens (tertiary/aromatic N) is 3. The van der Waals surface area contributed by atoms with Crippen molar-refractivity contribution in [3.8, 4) is 11.5 Å². The van der Waals surface area contributed by atoms with Crippen molar-refractivity contribution in [1.82, 2.24) is 4.90 Å². The average molecular weight is 771 g/mol. The Hall–Kier alpha value is -4.24. The number of anilines is 1. The summed E-state index contributed by atoms with van der Waals surface area (Å²) in [5.41, 5.74) is 0.478. The number of thiophene rings is 1. The van der Waals surface area contributed by atoms with Gasteiger partial charge in [-0.05, 0) is 79.7 Å². The summed E-state index contributed by atoms with van der Waals surface area (Å²) in [5, 5.41) is 20.4. The van der Waals surface area contributed by atoms with E-state index < -0.39 is 55.1 Å². The van der Waals surface area contributed by atoms with Crippen LogP contribution in [0, 0.1) is 11.7 Å². The minimum atomic E-state index is -3.33. The van der Waals surface area contributed by atoms with Crippen LogP contribution in [0.5, 0.6) is 11.5 Å². The van der Waals surface area contributed by atoms with Gasteiger partial charge in [0, 0.05) is 27.6 Å². The Morgan fingerprint density at radius 3 is 2.47 bits per heavy atom. The van der Waals surface area contributed by atoms with E-state index in [1.807, 2.05) is 0 Å². The molecular formula is C35H33Cl2F3N3O7S+. The SMILES string of the molecule is [2H]C([2H])([2H])Oc1cc([C@H](Cc2c(Cl)c[n+](O)cc2Cl)c2cc(CN(C(=O)O[C@H]3CN4CCC3CC4)c3ccccc3F)sc2C(=O)O)ccc1OC(F)F. The van der Waals surface area contributed by atoms with E-state index >= 15 is 4.39 Å². The van der Waals surface area contributed by atoms with Crippen LogP contribution in [0.1, 0.15) is 54.1 Å². The Kier molecular flexibility index (Phi) is 9.96. The molecule has 2 N–H and O–H groups in total. The van der Waals surface area contributed by atoms with Crippen LogP contribution in [0.15, 0.2) is 60.9 Å². The number of aromatic carboxylic acids is 1. The summed E-state index contributed by atoms with van der Waals surface area (Å²) >= 11 is 13.8. The number of halogens is 5. The highest BCUT2D eigenvalue weighted by molar-refractivity contribution is 7.14. The van der Waals surface area contributed by atoms with Crippen LogP contribution in [0.25, 0.3) is 0 Å². The lowest BCUT2D eigenvalue weighted by Crippen LogP contribution is -2.53. The zero-order chi connectivity index (χ0) is 38.9. The van der Waals surface area contributed by atoms with Crippen molar-refractivity contribution < 1.29 is 56.1 Å². The summed E-state index contributed by atoms with van der Waals surface area (Å²) in [6, 6.07) is 10.6. The van der Waals surface area contributed by atoms with Gasteiger partial charge in [-0.15, -0.1) is 11.3 Å². The van der Waals surface area contributed by atoms with Crippen molar-refractivity contribution in [2.75, 3.05) is 31.6 Å². The standard InChI is InChI=1S/C35H32Cl2F3N3O7S/c1-48-30-12-20(6-7-29(30)49-34(39)40)22(14-24-25(36)16-42(47)17-26(24)37)23-13-21(51-32(23)33(44)45)15-43(28-5-3-2-4-27(28)38)35(46)50-31-18-41-10-8-19(31)9-11-41/h2-7,12-13,16-17,19,22,31,34H,8-11,14-15,18H2,1H3,(H-,44,45,47)/p+1/t22-,31-/m0/s1/i1D3. The van der Waals surface area contributed by atoms with Gasteiger partial charge in [-0.25, -0.2) is 14.0 Å². The number of benzene rings is 2. The van der Waals surface area contributed by atoms with Gasteiger partial charge in [0.25, 0.3) is 0 Å². The predicted molar refractivity (Wildman–Crippen MR) is 182 cm³/mol. The highest BCUT2D eigenvalue weighted by Crippen LogP contribution is 2.42. The quantitative estimate of drug-likeness (QED) is 0.112. The van der Waals surface area contributed by atoms with Gasteiger partial charge in [-0.1, -0.05) is 41.4 Å². The van der Waals surface area contributed by atoms with Crippen LogP contribution in [0.4, 0.5) is 23.7 Å². The number of carboxylic acids is 1. The molecule has 3 saturated heterocycles. The molecule has 7 rings (SSSR count). The molecule has 270 valence electrons. The van der Waals surface area contributed by atoms with Crippen LogP contribution in [0.2, 0.25) is 10.0 Å². The van der Waals surface area contributed by atoms with Crippen LogP contribution in [0.3, 0.4) is 0 Å². The molecule has 0 saturated carbocycles. The maximum atomic E-state index is 15.3. The molecule has 2 bridgehead atoms. The predicted octanol–water partition coefficient (Wildman–Crippen LogP) is 7.64. The number of carbonyl (C=O) groups excluding carboxylic acids is 1. The summed E-state index contributed by atoms with van der Waals surface area (Å²) in [7, 11) is -3.09. The molecule has 4 aromatic rings. The summed E-state index contributed by atoms with van der Waals surface area (Å²) in [6.45, 7) is -1.28. The zero-order valence-electron chi connectivity index (χ0n) is 29.6. The first-order valence-electron chi connectivity index (χ1n) is 17.2. The molecule has 2 aromatic heterocycles. The number of methoxy groups -OCH3 is 1. The number of hydrogen-bond acceptors (Lipinski definition) is 8. The summed E-state index contributed by atoms with van der Waals surface area (Å²) < 4.78 is 80.8. The molecule has 16 heteroatoms. The number of aromatic nitrogens is 1. The number of rotatable bonds is 12. The number of piperidine rings is 3. The van der Waals surface area contributed by atoms with Crippen molar-refractivity contribution in [2.45, 2.75) is 44.4 Å². The van der Waals surface area contributed by atoms with E-state index in [9.17, 15) is 28.7 Å². The van der Waals surface area contributed by atoms with Crippen molar-refractivity contribution in [2.24, 2.45) is 5.92 Å². The summed E-state index contributed by atoms with van der Waals surface area (Å²) in [6.07, 6.45) is 2.63. The first-order chi connectivity index (χ1) is 25.6. The Bertz CT molecular complexity index is 2010. The molecule has 0 aliphatic carbocycles. The summed E-state index contributed by atoms with van der Waals surface area (Å²) in [4.78, 5) is 30.1. The first kappa shape index (κ1) is 32.7. The van der Waals surface area contributed by atoms with Gasteiger partial charge in [0.05, 0.1) is 23.4 Å². The minimum Gasteiger partial charge on any atom is -0.493 e. The molecule has 1 amide bonds. The lowest BCUT2D eigenvalue weighted by atomic mass is 9.85. The molecule has 0 radical (unpaired) electrons. The lowest BCUT2D eigenvalue weighted by molar-refractivity contribution is -0.904. The number of hydrogen-bond donors (Lipinski definition) is 2. The Labute approximate surface area is 309 Å². The maximum Gasteiger partial charge on any atom is 0.415 e. The van der Waals surface area contributed by atoms with Crippen molar-refractivity contribution in [3.05, 3.63) is 103 Å². The second-order valence-corrected chi connectivity index (χ2v) is 14.1. The normalized spacial score (nSPS) is 19.9. The fourth-order valence-corrected chi connectivity index (χ4v) is 8.29. The fraction of sp³-hybridized carbons (Fsp3) is 0.343. The third-order valence-corrected chi connectivity index (χ3v) is 10.9. The largest absolute Gasteiger partial charge is 0.493 e. The highest BCUT2D eigenvalue weighted by Gasteiger charge is 2.38. The van der Waals surface area contributed by atoms with E-state index in [-0.39, 0.29) is 56.2 Å². The third-order valence-electron chi connectivity index (χ3n) is 9.08. The lowest BCUT2D eigenvalue weighted by Gasteiger charge is -2.44. The number of carbonyl (C=O) groups is 2. The van der Waals surface area contributed by atoms with Gasteiger partial charge in [0.1, 0.15) is 26.8 Å². The van der Waals surface area contributed by atoms with Gasteiger partial charge in [-0.2, -0.15) is 8.78 Å². The van der Waals surface area contributed by atoms with Gasteiger partial charge in [0.2, 0.25) is 12.4 Å².